The van der Waals surface area contributed by atoms with Crippen molar-refractivity contribution in [2.45, 2.75) is 32.7 Å². The lowest BCUT2D eigenvalue weighted by Crippen LogP contribution is -2.49. The van der Waals surface area contributed by atoms with Crippen LogP contribution in [0.15, 0.2) is 12.2 Å². The van der Waals surface area contributed by atoms with Gasteiger partial charge in [-0.2, -0.15) is 0 Å². The predicted octanol–water partition coefficient (Wildman–Crippen LogP) is 0.0357. The second-order valence-corrected chi connectivity index (χ2v) is 8.64. The number of carbonyl (C=O) groups excluding carboxylic acids is 3. The first-order valence-electron chi connectivity index (χ1n) is 11.9. The molecule has 9 nitrogen and oxygen atoms in total. The molecule has 2 aliphatic heterocycles. The summed E-state index contributed by atoms with van der Waals surface area (Å²) >= 11 is 0. The van der Waals surface area contributed by atoms with Gasteiger partial charge >= 0.3 is 5.97 Å². The molecule has 2 N–H and O–H groups in total. The van der Waals surface area contributed by atoms with Gasteiger partial charge in [0.15, 0.2) is 0 Å². The Bertz CT molecular complexity index is 693. The molecule has 1 aliphatic carbocycles. The largest absolute Gasteiger partial charge is 0.466 e. The van der Waals surface area contributed by atoms with Crippen LogP contribution in [0.25, 0.3) is 0 Å². The molecular weight excluding hydrogens is 414 g/mol. The molecule has 2 heterocycles. The first-order chi connectivity index (χ1) is 15.5. The van der Waals surface area contributed by atoms with Crippen LogP contribution in [0.4, 0.5) is 0 Å². The Hall–Kier alpha value is -1.97. The van der Waals surface area contributed by atoms with Crippen molar-refractivity contribution in [1.82, 2.24) is 15.1 Å². The number of esters is 1. The van der Waals surface area contributed by atoms with Gasteiger partial charge in [0.05, 0.1) is 31.7 Å². The van der Waals surface area contributed by atoms with E-state index in [4.69, 9.17) is 9.47 Å². The molecule has 2 fully saturated rings. The zero-order valence-electron chi connectivity index (χ0n) is 19.2. The lowest BCUT2D eigenvalue weighted by Gasteiger charge is -2.33. The standard InChI is InChI=1S/C23H37N3O6/c1-3-16-6-7-17-19(18(16)23(30)32-4-2)22(29)26(9-5-13-27)20(17)21(28)24-8-10-25-11-14-31-15-12-25/h6-7,16-20,27H,3-5,8-15H2,1-2H3,(H,24,28)/t16-,17+,18-,19+,20+/m1/s1. The van der Waals surface area contributed by atoms with Crippen LogP contribution < -0.4 is 5.32 Å². The summed E-state index contributed by atoms with van der Waals surface area (Å²) in [7, 11) is 0. The molecule has 0 aromatic carbocycles. The summed E-state index contributed by atoms with van der Waals surface area (Å²) in [5.74, 6) is -2.47. The van der Waals surface area contributed by atoms with Crippen LogP contribution in [0.2, 0.25) is 0 Å². The number of fused-ring (bicyclic) bond motifs is 1. The predicted molar refractivity (Wildman–Crippen MR) is 117 cm³/mol. The van der Waals surface area contributed by atoms with Gasteiger partial charge in [-0.15, -0.1) is 0 Å². The van der Waals surface area contributed by atoms with E-state index in [1.165, 1.54) is 0 Å². The van der Waals surface area contributed by atoms with Gasteiger partial charge in [0.2, 0.25) is 11.8 Å². The van der Waals surface area contributed by atoms with Gasteiger partial charge in [0.1, 0.15) is 6.04 Å². The Morgan fingerprint density at radius 2 is 1.97 bits per heavy atom. The number of carbonyl (C=O) groups is 3. The molecule has 0 radical (unpaired) electrons. The van der Waals surface area contributed by atoms with Crippen molar-refractivity contribution in [3.8, 4) is 0 Å². The second-order valence-electron chi connectivity index (χ2n) is 8.64. The Labute approximate surface area is 190 Å². The number of rotatable bonds is 10. The Morgan fingerprint density at radius 3 is 2.62 bits per heavy atom. The average Bonchev–Trinajstić information content (AvgIpc) is 3.09. The number of allylic oxidation sites excluding steroid dienone is 1. The zero-order chi connectivity index (χ0) is 23.1. The fourth-order valence-electron chi connectivity index (χ4n) is 5.20. The van der Waals surface area contributed by atoms with Gasteiger partial charge in [0.25, 0.3) is 0 Å². The highest BCUT2D eigenvalue weighted by Gasteiger charge is 2.57. The molecule has 0 aromatic heterocycles. The number of nitrogens with one attached hydrogen (secondary N) is 1. The van der Waals surface area contributed by atoms with Gasteiger partial charge in [-0.25, -0.2) is 0 Å². The van der Waals surface area contributed by atoms with Gasteiger partial charge in [-0.1, -0.05) is 19.1 Å². The van der Waals surface area contributed by atoms with E-state index in [1.807, 2.05) is 19.1 Å². The van der Waals surface area contributed by atoms with Crippen molar-refractivity contribution in [2.75, 3.05) is 59.2 Å². The third-order valence-corrected chi connectivity index (χ3v) is 6.80. The molecule has 3 rings (SSSR count). The number of amides is 2. The van der Waals surface area contributed by atoms with E-state index in [0.29, 0.717) is 32.6 Å². The number of aliphatic hydroxyl groups is 1. The molecule has 2 saturated heterocycles. The van der Waals surface area contributed by atoms with Crippen molar-refractivity contribution >= 4 is 17.8 Å². The highest BCUT2D eigenvalue weighted by molar-refractivity contribution is 5.96. The van der Waals surface area contributed by atoms with Gasteiger partial charge in [-0.3, -0.25) is 19.3 Å². The van der Waals surface area contributed by atoms with Crippen molar-refractivity contribution in [3.05, 3.63) is 12.2 Å². The molecule has 32 heavy (non-hydrogen) atoms. The van der Waals surface area contributed by atoms with Crippen molar-refractivity contribution in [2.24, 2.45) is 23.7 Å². The summed E-state index contributed by atoms with van der Waals surface area (Å²) < 4.78 is 10.7. The molecule has 2 amide bonds. The number of nitrogens with zero attached hydrogens (tertiary/aromatic N) is 2. The monoisotopic (exact) mass is 451 g/mol. The van der Waals surface area contributed by atoms with E-state index in [2.05, 4.69) is 10.2 Å². The summed E-state index contributed by atoms with van der Waals surface area (Å²) in [6, 6.07) is -0.685. The first kappa shape index (κ1) is 24.7. The number of hydrogen-bond donors (Lipinski definition) is 2. The van der Waals surface area contributed by atoms with Crippen molar-refractivity contribution in [1.29, 1.82) is 0 Å². The maximum Gasteiger partial charge on any atom is 0.310 e. The number of likely N-dealkylation sites (tertiary alicyclic amines) is 1. The molecule has 0 spiro atoms. The minimum absolute atomic E-state index is 0.0702. The summed E-state index contributed by atoms with van der Waals surface area (Å²) in [6.45, 7) is 8.48. The number of hydrogen-bond acceptors (Lipinski definition) is 7. The first-order valence-corrected chi connectivity index (χ1v) is 11.9. The highest BCUT2D eigenvalue weighted by atomic mass is 16.5. The second kappa shape index (κ2) is 11.8. The topological polar surface area (TPSA) is 108 Å². The minimum Gasteiger partial charge on any atom is -0.466 e. The van der Waals surface area contributed by atoms with Crippen LogP contribution in [0.3, 0.4) is 0 Å². The average molecular weight is 452 g/mol. The fourth-order valence-corrected chi connectivity index (χ4v) is 5.20. The number of aliphatic hydroxyl groups excluding tert-OH is 1. The summed E-state index contributed by atoms with van der Waals surface area (Å²) in [6.07, 6.45) is 5.01. The van der Waals surface area contributed by atoms with Crippen molar-refractivity contribution in [3.63, 3.8) is 0 Å². The lowest BCUT2D eigenvalue weighted by molar-refractivity contribution is -0.155. The van der Waals surface area contributed by atoms with Crippen LogP contribution in [0, 0.1) is 23.7 Å². The molecule has 5 atom stereocenters. The van der Waals surface area contributed by atoms with E-state index < -0.39 is 17.9 Å². The van der Waals surface area contributed by atoms with E-state index >= 15 is 0 Å². The van der Waals surface area contributed by atoms with Crippen LogP contribution in [-0.2, 0) is 23.9 Å². The third kappa shape index (κ3) is 5.32. The van der Waals surface area contributed by atoms with E-state index in [9.17, 15) is 19.5 Å². The van der Waals surface area contributed by atoms with Gasteiger partial charge < -0.3 is 24.8 Å². The normalized spacial score (nSPS) is 30.3. The molecular formula is C23H37N3O6. The molecule has 0 saturated carbocycles. The van der Waals surface area contributed by atoms with Gasteiger partial charge in [0, 0.05) is 45.2 Å². The van der Waals surface area contributed by atoms with E-state index in [1.54, 1.807) is 11.8 Å². The molecule has 180 valence electrons. The third-order valence-electron chi connectivity index (χ3n) is 6.80. The van der Waals surface area contributed by atoms with E-state index in [-0.39, 0.29) is 49.4 Å². The summed E-state index contributed by atoms with van der Waals surface area (Å²) in [5, 5.41) is 12.3. The van der Waals surface area contributed by atoms with Crippen LogP contribution in [0.1, 0.15) is 26.7 Å². The Balaban J connectivity index is 1.77. The van der Waals surface area contributed by atoms with Crippen molar-refractivity contribution < 1.29 is 29.0 Å². The molecule has 0 bridgehead atoms. The van der Waals surface area contributed by atoms with Crippen LogP contribution in [-0.4, -0.2) is 97.9 Å². The summed E-state index contributed by atoms with van der Waals surface area (Å²) in [4.78, 5) is 43.3. The Morgan fingerprint density at radius 1 is 1.22 bits per heavy atom. The number of ether oxygens (including phenoxy) is 2. The quantitative estimate of drug-likeness (QED) is 0.357. The zero-order valence-corrected chi connectivity index (χ0v) is 19.2. The summed E-state index contributed by atoms with van der Waals surface area (Å²) in [5.41, 5.74) is 0. The minimum atomic E-state index is -0.685. The van der Waals surface area contributed by atoms with Crippen LogP contribution in [0.5, 0.6) is 0 Å². The lowest BCUT2D eigenvalue weighted by atomic mass is 9.69. The fraction of sp³-hybridized carbons (Fsp3) is 0.783. The molecule has 9 heteroatoms. The molecule has 3 aliphatic rings. The molecule has 0 aromatic rings. The van der Waals surface area contributed by atoms with Gasteiger partial charge in [-0.05, 0) is 25.7 Å². The SMILES string of the molecule is CCOC(=O)[C@H]1[C@H]2C(=O)N(CCCO)[C@H](C(=O)NCCN3CCOCC3)[C@H]2C=C[C@H]1CC. The smallest absolute Gasteiger partial charge is 0.310 e. The maximum atomic E-state index is 13.5. The number of morpholine rings is 1. The Kier molecular flexibility index (Phi) is 9.07. The molecule has 0 unspecified atom stereocenters. The maximum absolute atomic E-state index is 13.5. The highest BCUT2D eigenvalue weighted by Crippen LogP contribution is 2.45. The van der Waals surface area contributed by atoms with E-state index in [0.717, 1.165) is 19.6 Å². The van der Waals surface area contributed by atoms with Crippen LogP contribution >= 0.6 is 0 Å².